The molecular formula is C13H5Br2ClF3N3O4. The first-order valence-corrected chi connectivity index (χ1v) is 8.34. The van der Waals surface area contributed by atoms with Gasteiger partial charge in [0, 0.05) is 20.7 Å². The molecule has 0 saturated heterocycles. The van der Waals surface area contributed by atoms with E-state index in [1.54, 1.807) is 0 Å². The number of nitrogens with zero attached hydrogens (tertiary/aromatic N) is 2. The van der Waals surface area contributed by atoms with Crippen molar-refractivity contribution >= 4 is 66.2 Å². The summed E-state index contributed by atoms with van der Waals surface area (Å²) in [5.74, 6) is 0. The van der Waals surface area contributed by atoms with E-state index in [4.69, 9.17) is 11.6 Å². The number of benzene rings is 2. The quantitative estimate of drug-likeness (QED) is 0.370. The van der Waals surface area contributed by atoms with E-state index >= 15 is 0 Å². The summed E-state index contributed by atoms with van der Waals surface area (Å²) in [6, 6.07) is 4.51. The maximum Gasteiger partial charge on any atom is 0.418 e. The van der Waals surface area contributed by atoms with Crippen molar-refractivity contribution in [3.05, 3.63) is 64.0 Å². The van der Waals surface area contributed by atoms with E-state index in [1.165, 1.54) is 18.2 Å². The number of nitro benzene ring substituents is 2. The Balaban J connectivity index is 2.77. The van der Waals surface area contributed by atoms with Gasteiger partial charge in [-0.25, -0.2) is 0 Å². The fourth-order valence-corrected chi connectivity index (χ4v) is 2.94. The predicted molar refractivity (Wildman–Crippen MR) is 94.9 cm³/mol. The number of halogens is 6. The van der Waals surface area contributed by atoms with Crippen LogP contribution in [0.4, 0.5) is 35.9 Å². The lowest BCUT2D eigenvalue weighted by Gasteiger charge is -2.14. The van der Waals surface area contributed by atoms with Crippen LogP contribution in [0.5, 0.6) is 0 Å². The van der Waals surface area contributed by atoms with Crippen LogP contribution < -0.4 is 5.32 Å². The van der Waals surface area contributed by atoms with Crippen LogP contribution in [-0.4, -0.2) is 9.85 Å². The maximum absolute atomic E-state index is 13.0. The summed E-state index contributed by atoms with van der Waals surface area (Å²) in [6.07, 6.45) is -5.11. The van der Waals surface area contributed by atoms with Gasteiger partial charge in [0.2, 0.25) is 0 Å². The first-order chi connectivity index (χ1) is 11.9. The van der Waals surface area contributed by atoms with Gasteiger partial charge in [0.1, 0.15) is 5.02 Å². The molecule has 0 bridgehead atoms. The van der Waals surface area contributed by atoms with Crippen LogP contribution in [0.1, 0.15) is 5.56 Å². The lowest BCUT2D eigenvalue weighted by molar-refractivity contribution is -0.392. The van der Waals surface area contributed by atoms with Crippen molar-refractivity contribution in [2.24, 2.45) is 0 Å². The maximum atomic E-state index is 13.0. The SMILES string of the molecule is O=[N+]([O-])c1cc(C(F)(F)F)c(Cl)c([N+](=O)[O-])c1Nc1ccc(Br)c(Br)c1. The van der Waals surface area contributed by atoms with E-state index in [9.17, 15) is 33.4 Å². The molecule has 0 heterocycles. The minimum atomic E-state index is -5.11. The number of hydrogen-bond donors (Lipinski definition) is 1. The topological polar surface area (TPSA) is 98.3 Å². The van der Waals surface area contributed by atoms with Crippen LogP contribution in [0.2, 0.25) is 5.02 Å². The smallest absolute Gasteiger partial charge is 0.344 e. The molecule has 0 aliphatic carbocycles. The summed E-state index contributed by atoms with van der Waals surface area (Å²) in [5, 5.41) is 23.7. The van der Waals surface area contributed by atoms with Crippen LogP contribution >= 0.6 is 43.5 Å². The molecule has 0 spiro atoms. The Morgan fingerprint density at radius 2 is 1.65 bits per heavy atom. The first-order valence-electron chi connectivity index (χ1n) is 6.38. The van der Waals surface area contributed by atoms with Crippen LogP contribution in [-0.2, 0) is 6.18 Å². The molecular weight excluding hydrogens is 514 g/mol. The van der Waals surface area contributed by atoms with Crippen molar-refractivity contribution in [3.8, 4) is 0 Å². The van der Waals surface area contributed by atoms with Gasteiger partial charge < -0.3 is 5.32 Å². The Morgan fingerprint density at radius 3 is 2.12 bits per heavy atom. The van der Waals surface area contributed by atoms with E-state index < -0.39 is 43.7 Å². The van der Waals surface area contributed by atoms with Crippen molar-refractivity contribution in [2.45, 2.75) is 6.18 Å². The predicted octanol–water partition coefficient (Wildman–Crippen LogP) is 6.44. The van der Waals surface area contributed by atoms with Gasteiger partial charge in [0.25, 0.3) is 0 Å². The van der Waals surface area contributed by atoms with E-state index in [1.807, 2.05) is 0 Å². The van der Waals surface area contributed by atoms with Gasteiger partial charge in [-0.1, -0.05) is 11.6 Å². The van der Waals surface area contributed by atoms with Gasteiger partial charge in [-0.2, -0.15) is 13.2 Å². The lowest BCUT2D eigenvalue weighted by Crippen LogP contribution is -2.11. The largest absolute Gasteiger partial charge is 0.418 e. The molecule has 0 aliphatic rings. The molecule has 0 unspecified atom stereocenters. The molecule has 2 aromatic carbocycles. The Morgan fingerprint density at radius 1 is 1.04 bits per heavy atom. The van der Waals surface area contributed by atoms with Gasteiger partial charge in [0.05, 0.1) is 15.4 Å². The number of nitrogens with one attached hydrogen (secondary N) is 1. The number of alkyl halides is 3. The highest BCUT2D eigenvalue weighted by Gasteiger charge is 2.42. The summed E-state index contributed by atoms with van der Waals surface area (Å²) in [6.45, 7) is 0. The average Bonchev–Trinajstić information content (AvgIpc) is 2.49. The molecule has 0 amide bonds. The Labute approximate surface area is 164 Å². The Kier molecular flexibility index (Phi) is 5.78. The molecule has 7 nitrogen and oxygen atoms in total. The molecule has 0 atom stereocenters. The fourth-order valence-electron chi connectivity index (χ4n) is 1.99. The molecule has 26 heavy (non-hydrogen) atoms. The van der Waals surface area contributed by atoms with Crippen molar-refractivity contribution in [3.63, 3.8) is 0 Å². The minimum absolute atomic E-state index is 0.155. The van der Waals surface area contributed by atoms with Crippen molar-refractivity contribution < 1.29 is 23.0 Å². The summed E-state index contributed by atoms with van der Waals surface area (Å²) >= 11 is 11.9. The van der Waals surface area contributed by atoms with Crippen LogP contribution in [0.25, 0.3) is 0 Å². The monoisotopic (exact) mass is 517 g/mol. The molecule has 0 saturated carbocycles. The van der Waals surface area contributed by atoms with Crippen LogP contribution in [0.3, 0.4) is 0 Å². The standard InChI is InChI=1S/C13H5Br2ClF3N3O4/c14-7-2-1-5(3-8(7)15)20-11-9(21(23)24)4-6(13(17,18)19)10(16)12(11)22(25)26/h1-4,20H. The number of hydrogen-bond acceptors (Lipinski definition) is 5. The number of nitro groups is 2. The highest BCUT2D eigenvalue weighted by molar-refractivity contribution is 9.13. The summed E-state index contributed by atoms with van der Waals surface area (Å²) < 4.78 is 40.2. The molecule has 2 aromatic rings. The first kappa shape index (κ1) is 20.4. The van der Waals surface area contributed by atoms with E-state index in [0.29, 0.717) is 8.95 Å². The fraction of sp³-hybridized carbons (Fsp3) is 0.0769. The molecule has 0 fully saturated rings. The van der Waals surface area contributed by atoms with E-state index in [2.05, 4.69) is 37.2 Å². The molecule has 0 aromatic heterocycles. The van der Waals surface area contributed by atoms with Crippen LogP contribution in [0, 0.1) is 20.2 Å². The number of rotatable bonds is 4. The highest BCUT2D eigenvalue weighted by Crippen LogP contribution is 2.48. The van der Waals surface area contributed by atoms with Gasteiger partial charge in [0.15, 0.2) is 5.69 Å². The second-order valence-electron chi connectivity index (χ2n) is 4.75. The van der Waals surface area contributed by atoms with Gasteiger partial charge in [-0.05, 0) is 50.1 Å². The molecule has 2 rings (SSSR count). The minimum Gasteiger partial charge on any atom is -0.344 e. The van der Waals surface area contributed by atoms with Gasteiger partial charge in [-0.15, -0.1) is 0 Å². The summed E-state index contributed by atoms with van der Waals surface area (Å²) in [4.78, 5) is 20.1. The van der Waals surface area contributed by atoms with Crippen LogP contribution in [0.15, 0.2) is 33.2 Å². The van der Waals surface area contributed by atoms with Crippen molar-refractivity contribution in [2.75, 3.05) is 5.32 Å². The second-order valence-corrected chi connectivity index (χ2v) is 6.83. The zero-order chi connectivity index (χ0) is 19.8. The van der Waals surface area contributed by atoms with E-state index in [-0.39, 0.29) is 11.8 Å². The highest BCUT2D eigenvalue weighted by atomic mass is 79.9. The molecule has 13 heteroatoms. The van der Waals surface area contributed by atoms with E-state index in [0.717, 1.165) is 0 Å². The molecule has 1 N–H and O–H groups in total. The zero-order valence-electron chi connectivity index (χ0n) is 12.1. The third-order valence-corrected chi connectivity index (χ3v) is 5.35. The summed E-state index contributed by atoms with van der Waals surface area (Å²) in [5.41, 5.74) is -4.64. The Bertz CT molecular complexity index is 924. The zero-order valence-corrected chi connectivity index (χ0v) is 16.0. The number of anilines is 2. The van der Waals surface area contributed by atoms with Crippen molar-refractivity contribution in [1.29, 1.82) is 0 Å². The third-order valence-electron chi connectivity index (χ3n) is 3.09. The Hall–Kier alpha value is -1.92. The lowest BCUT2D eigenvalue weighted by atomic mass is 10.1. The molecule has 138 valence electrons. The summed E-state index contributed by atoms with van der Waals surface area (Å²) in [7, 11) is 0. The second kappa shape index (κ2) is 7.37. The van der Waals surface area contributed by atoms with Crippen molar-refractivity contribution in [1.82, 2.24) is 0 Å². The third kappa shape index (κ3) is 4.07. The molecule has 0 radical (unpaired) electrons. The van der Waals surface area contributed by atoms with Gasteiger partial charge in [-0.3, -0.25) is 20.2 Å². The normalized spacial score (nSPS) is 11.3. The molecule has 0 aliphatic heterocycles. The van der Waals surface area contributed by atoms with Gasteiger partial charge >= 0.3 is 17.6 Å². The average molecular weight is 519 g/mol.